The summed E-state index contributed by atoms with van der Waals surface area (Å²) in [4.78, 5) is 21.0. The van der Waals surface area contributed by atoms with Crippen LogP contribution in [0.2, 0.25) is 0 Å². The van der Waals surface area contributed by atoms with Crippen LogP contribution in [-0.2, 0) is 17.9 Å². The molecule has 0 bridgehead atoms. The monoisotopic (exact) mass is 481 g/mol. The molecule has 4 aromatic rings. The number of hydrogen-bond acceptors (Lipinski definition) is 3. The van der Waals surface area contributed by atoms with Crippen LogP contribution in [0, 0.1) is 5.41 Å². The lowest BCUT2D eigenvalue weighted by Gasteiger charge is -2.42. The maximum absolute atomic E-state index is 13.4. The lowest BCUT2D eigenvalue weighted by molar-refractivity contribution is -0.134. The molecular weight excluding hydrogens is 446 g/mol. The van der Waals surface area contributed by atoms with E-state index in [1.807, 2.05) is 66.7 Å². The van der Waals surface area contributed by atoms with Crippen molar-refractivity contribution in [2.45, 2.75) is 32.4 Å². The normalized spacial score (nSPS) is 15.6. The Hall–Kier alpha value is -3.57. The van der Waals surface area contributed by atoms with E-state index >= 15 is 0 Å². The molecule has 5 nitrogen and oxygen atoms in total. The first-order valence-electron chi connectivity index (χ1n) is 12.8. The fraction of sp³-hybridized carbons (Fsp3) is 0.323. The van der Waals surface area contributed by atoms with Crippen LogP contribution < -0.4 is 4.74 Å². The van der Waals surface area contributed by atoms with Crippen LogP contribution in [-0.4, -0.2) is 47.4 Å². The van der Waals surface area contributed by atoms with E-state index in [0.29, 0.717) is 19.6 Å². The van der Waals surface area contributed by atoms with E-state index in [9.17, 15) is 4.79 Å². The SMILES string of the molecule is CN(Cc1ccccc1)C(=O)CC1(COc2ccccc2)CCN(Cc2ccc3[nH]ccc3c2)CC1. The lowest BCUT2D eigenvalue weighted by Crippen LogP contribution is -2.45. The van der Waals surface area contributed by atoms with E-state index in [1.165, 1.54) is 16.5 Å². The highest BCUT2D eigenvalue weighted by Gasteiger charge is 2.38. The van der Waals surface area contributed by atoms with Gasteiger partial charge < -0.3 is 14.6 Å². The molecule has 0 radical (unpaired) electrons. The number of aromatic nitrogens is 1. The number of amides is 1. The molecule has 1 fully saturated rings. The van der Waals surface area contributed by atoms with Gasteiger partial charge in [-0.1, -0.05) is 54.6 Å². The summed E-state index contributed by atoms with van der Waals surface area (Å²) in [5, 5.41) is 1.25. The van der Waals surface area contributed by atoms with Crippen LogP contribution in [0.15, 0.2) is 91.1 Å². The van der Waals surface area contributed by atoms with Crippen molar-refractivity contribution < 1.29 is 9.53 Å². The van der Waals surface area contributed by atoms with Crippen molar-refractivity contribution in [3.05, 3.63) is 102 Å². The summed E-state index contributed by atoms with van der Waals surface area (Å²) in [7, 11) is 1.91. The molecular formula is C31H35N3O2. The molecule has 1 aromatic heterocycles. The van der Waals surface area contributed by atoms with Gasteiger partial charge in [-0.15, -0.1) is 0 Å². The number of fused-ring (bicyclic) bond motifs is 1. The molecule has 0 aliphatic carbocycles. The third-order valence-corrected chi connectivity index (χ3v) is 7.44. The van der Waals surface area contributed by atoms with E-state index in [1.54, 1.807) is 0 Å². The van der Waals surface area contributed by atoms with Gasteiger partial charge in [0.15, 0.2) is 0 Å². The van der Waals surface area contributed by atoms with Crippen molar-refractivity contribution in [2.24, 2.45) is 5.41 Å². The second-order valence-corrected chi connectivity index (χ2v) is 10.2. The number of rotatable bonds is 9. The Morgan fingerprint density at radius 3 is 2.42 bits per heavy atom. The molecule has 0 saturated carbocycles. The van der Waals surface area contributed by atoms with Gasteiger partial charge in [-0.05, 0) is 72.8 Å². The van der Waals surface area contributed by atoms with E-state index < -0.39 is 0 Å². The van der Waals surface area contributed by atoms with Crippen molar-refractivity contribution in [1.82, 2.24) is 14.8 Å². The first kappa shape index (κ1) is 24.1. The summed E-state index contributed by atoms with van der Waals surface area (Å²) < 4.78 is 6.25. The molecule has 2 heterocycles. The first-order chi connectivity index (χ1) is 17.6. The highest BCUT2D eigenvalue weighted by Crippen LogP contribution is 2.37. The summed E-state index contributed by atoms with van der Waals surface area (Å²) in [6.07, 6.45) is 4.38. The topological polar surface area (TPSA) is 48.6 Å². The minimum Gasteiger partial charge on any atom is -0.493 e. The molecule has 5 heteroatoms. The van der Waals surface area contributed by atoms with Gasteiger partial charge in [-0.2, -0.15) is 0 Å². The number of aromatic amines is 1. The minimum atomic E-state index is -0.168. The maximum atomic E-state index is 13.4. The second-order valence-electron chi connectivity index (χ2n) is 10.2. The summed E-state index contributed by atoms with van der Waals surface area (Å²) in [6.45, 7) is 4.03. The zero-order valence-electron chi connectivity index (χ0n) is 21.0. The van der Waals surface area contributed by atoms with Gasteiger partial charge in [0.2, 0.25) is 5.91 Å². The van der Waals surface area contributed by atoms with Crippen LogP contribution in [0.4, 0.5) is 0 Å². The highest BCUT2D eigenvalue weighted by molar-refractivity contribution is 5.80. The molecule has 0 atom stereocenters. The Labute approximate surface area is 213 Å². The van der Waals surface area contributed by atoms with E-state index in [4.69, 9.17) is 4.74 Å². The van der Waals surface area contributed by atoms with Gasteiger partial charge >= 0.3 is 0 Å². The molecule has 1 N–H and O–H groups in total. The molecule has 0 unspecified atom stereocenters. The third-order valence-electron chi connectivity index (χ3n) is 7.44. The number of piperidine rings is 1. The molecule has 3 aromatic carbocycles. The zero-order chi connectivity index (χ0) is 24.8. The molecule has 36 heavy (non-hydrogen) atoms. The highest BCUT2D eigenvalue weighted by atomic mass is 16.5. The maximum Gasteiger partial charge on any atom is 0.223 e. The standard InChI is InChI=1S/C31H35N3O2/c1-33(22-25-8-4-2-5-9-25)30(35)21-31(24-36-28-10-6-3-7-11-28)15-18-34(19-16-31)23-26-12-13-29-27(20-26)14-17-32-29/h2-14,17,20,32H,15-16,18-19,21-24H2,1H3. The fourth-order valence-corrected chi connectivity index (χ4v) is 5.17. The van der Waals surface area contributed by atoms with Crippen molar-refractivity contribution >= 4 is 16.8 Å². The molecule has 5 rings (SSSR count). The average molecular weight is 482 g/mol. The third kappa shape index (κ3) is 5.97. The first-order valence-corrected chi connectivity index (χ1v) is 12.8. The summed E-state index contributed by atoms with van der Waals surface area (Å²) in [5.41, 5.74) is 3.48. The van der Waals surface area contributed by atoms with E-state index in [2.05, 4.69) is 46.3 Å². The number of carbonyl (C=O) groups excluding carboxylic acids is 1. The number of carbonyl (C=O) groups is 1. The number of nitrogens with one attached hydrogen (secondary N) is 1. The second kappa shape index (κ2) is 11.0. The molecule has 0 spiro atoms. The van der Waals surface area contributed by atoms with Crippen molar-refractivity contribution in [2.75, 3.05) is 26.7 Å². The Morgan fingerprint density at radius 2 is 1.67 bits per heavy atom. The predicted octanol–water partition coefficient (Wildman–Crippen LogP) is 5.88. The number of benzene rings is 3. The number of para-hydroxylation sites is 1. The number of likely N-dealkylation sites (tertiary alicyclic amines) is 1. The van der Waals surface area contributed by atoms with Crippen molar-refractivity contribution in [3.63, 3.8) is 0 Å². The van der Waals surface area contributed by atoms with Crippen molar-refractivity contribution in [1.29, 1.82) is 0 Å². The molecule has 1 amide bonds. The summed E-state index contributed by atoms with van der Waals surface area (Å²) >= 11 is 0. The predicted molar refractivity (Wildman–Crippen MR) is 145 cm³/mol. The van der Waals surface area contributed by atoms with Crippen LogP contribution in [0.3, 0.4) is 0 Å². The largest absolute Gasteiger partial charge is 0.493 e. The van der Waals surface area contributed by atoms with E-state index in [0.717, 1.165) is 43.8 Å². The number of ether oxygens (including phenoxy) is 1. The lowest BCUT2D eigenvalue weighted by atomic mass is 9.75. The number of nitrogens with zero attached hydrogens (tertiary/aromatic N) is 2. The molecule has 1 aliphatic heterocycles. The van der Waals surface area contributed by atoms with Crippen LogP contribution in [0.25, 0.3) is 10.9 Å². The summed E-state index contributed by atoms with van der Waals surface area (Å²) in [6, 6.07) is 28.9. The van der Waals surface area contributed by atoms with Gasteiger partial charge in [0.05, 0.1) is 6.61 Å². The van der Waals surface area contributed by atoms with Crippen LogP contribution >= 0.6 is 0 Å². The van der Waals surface area contributed by atoms with Crippen LogP contribution in [0.1, 0.15) is 30.4 Å². The Kier molecular flexibility index (Phi) is 7.38. The number of hydrogen-bond donors (Lipinski definition) is 1. The average Bonchev–Trinajstić information content (AvgIpc) is 3.38. The van der Waals surface area contributed by atoms with Gasteiger partial charge in [0, 0.05) is 43.7 Å². The number of H-pyrrole nitrogens is 1. The molecule has 1 aliphatic rings. The molecule has 186 valence electrons. The Bertz CT molecular complexity index is 1260. The Morgan fingerprint density at radius 1 is 0.944 bits per heavy atom. The van der Waals surface area contributed by atoms with Gasteiger partial charge in [0.1, 0.15) is 5.75 Å². The van der Waals surface area contributed by atoms with Gasteiger partial charge in [-0.3, -0.25) is 9.69 Å². The fourth-order valence-electron chi connectivity index (χ4n) is 5.17. The smallest absolute Gasteiger partial charge is 0.223 e. The minimum absolute atomic E-state index is 0.168. The van der Waals surface area contributed by atoms with Gasteiger partial charge in [-0.25, -0.2) is 0 Å². The molecule has 1 saturated heterocycles. The zero-order valence-corrected chi connectivity index (χ0v) is 21.0. The van der Waals surface area contributed by atoms with Gasteiger partial charge in [0.25, 0.3) is 0 Å². The summed E-state index contributed by atoms with van der Waals surface area (Å²) in [5.74, 6) is 1.05. The van der Waals surface area contributed by atoms with E-state index in [-0.39, 0.29) is 11.3 Å². The quantitative estimate of drug-likeness (QED) is 0.325. The van der Waals surface area contributed by atoms with Crippen molar-refractivity contribution in [3.8, 4) is 5.75 Å². The Balaban J connectivity index is 1.24. The van der Waals surface area contributed by atoms with Crippen LogP contribution in [0.5, 0.6) is 5.75 Å².